The van der Waals surface area contributed by atoms with E-state index < -0.39 is 5.60 Å². The van der Waals surface area contributed by atoms with Gasteiger partial charge in [-0.15, -0.1) is 0 Å². The van der Waals surface area contributed by atoms with Crippen molar-refractivity contribution >= 4 is 29.2 Å². The zero-order valence-corrected chi connectivity index (χ0v) is 9.73. The van der Waals surface area contributed by atoms with E-state index >= 15 is 0 Å². The van der Waals surface area contributed by atoms with Gasteiger partial charge in [-0.1, -0.05) is 23.2 Å². The normalized spacial score (nSPS) is 25.4. The lowest BCUT2D eigenvalue weighted by Crippen LogP contribution is -2.21. The summed E-state index contributed by atoms with van der Waals surface area (Å²) < 4.78 is 5.29. The van der Waals surface area contributed by atoms with Gasteiger partial charge in [0.1, 0.15) is 5.60 Å². The molecule has 1 aliphatic heterocycles. The fraction of sp³-hybridized carbons (Fsp3) is 0.364. The van der Waals surface area contributed by atoms with Crippen LogP contribution in [0.3, 0.4) is 0 Å². The van der Waals surface area contributed by atoms with Crippen molar-refractivity contribution in [2.75, 3.05) is 0 Å². The molecule has 1 aromatic rings. The van der Waals surface area contributed by atoms with Gasteiger partial charge in [0.2, 0.25) is 0 Å². The molecule has 1 aromatic carbocycles. The number of halogens is 2. The van der Waals surface area contributed by atoms with Crippen molar-refractivity contribution in [3.63, 3.8) is 0 Å². The van der Waals surface area contributed by atoms with Crippen LogP contribution in [0.15, 0.2) is 18.2 Å². The number of hydrogen-bond donors (Lipinski definition) is 0. The molecule has 0 amide bonds. The molecule has 80 valence electrons. The highest BCUT2D eigenvalue weighted by atomic mass is 35.5. The third-order valence-electron chi connectivity index (χ3n) is 2.64. The van der Waals surface area contributed by atoms with Crippen molar-refractivity contribution in [3.8, 4) is 0 Å². The molecule has 0 saturated carbocycles. The minimum absolute atomic E-state index is 0.187. The summed E-state index contributed by atoms with van der Waals surface area (Å²) in [5, 5.41) is 1.18. The Balaban J connectivity index is 2.44. The number of hydrogen-bond acceptors (Lipinski definition) is 2. The minimum atomic E-state index is -0.626. The second-order valence-electron chi connectivity index (χ2n) is 3.83. The average Bonchev–Trinajstić information content (AvgIpc) is 2.52. The SMILES string of the molecule is CC1(c2cc(Cl)ccc2Cl)CCC(=O)O1. The largest absolute Gasteiger partial charge is 0.454 e. The third kappa shape index (κ3) is 1.97. The van der Waals surface area contributed by atoms with Crippen molar-refractivity contribution in [2.24, 2.45) is 0 Å². The molecule has 0 spiro atoms. The number of ether oxygens (including phenoxy) is 1. The molecule has 2 nitrogen and oxygen atoms in total. The summed E-state index contributed by atoms with van der Waals surface area (Å²) in [5.41, 5.74) is 0.154. The van der Waals surface area contributed by atoms with Crippen LogP contribution < -0.4 is 0 Å². The van der Waals surface area contributed by atoms with E-state index in [2.05, 4.69) is 0 Å². The quantitative estimate of drug-likeness (QED) is 0.707. The Morgan fingerprint density at radius 2 is 2.13 bits per heavy atom. The van der Waals surface area contributed by atoms with Crippen molar-refractivity contribution in [2.45, 2.75) is 25.4 Å². The molecule has 0 radical (unpaired) electrons. The van der Waals surface area contributed by atoms with Crippen molar-refractivity contribution in [1.82, 2.24) is 0 Å². The van der Waals surface area contributed by atoms with Gasteiger partial charge < -0.3 is 4.74 Å². The topological polar surface area (TPSA) is 26.3 Å². The Hall–Kier alpha value is -0.730. The maximum Gasteiger partial charge on any atom is 0.306 e. The van der Waals surface area contributed by atoms with Gasteiger partial charge in [-0.3, -0.25) is 4.79 Å². The first-order valence-electron chi connectivity index (χ1n) is 4.69. The zero-order valence-electron chi connectivity index (χ0n) is 8.22. The highest BCUT2D eigenvalue weighted by Gasteiger charge is 2.38. The Morgan fingerprint density at radius 3 is 2.73 bits per heavy atom. The number of benzene rings is 1. The lowest BCUT2D eigenvalue weighted by atomic mass is 9.93. The molecule has 1 unspecified atom stereocenters. The Kier molecular flexibility index (Phi) is 2.65. The summed E-state index contributed by atoms with van der Waals surface area (Å²) in [5.74, 6) is -0.187. The molecule has 0 bridgehead atoms. The molecular formula is C11H10Cl2O2. The van der Waals surface area contributed by atoms with Gasteiger partial charge in [0.05, 0.1) is 0 Å². The van der Waals surface area contributed by atoms with Crippen LogP contribution in [-0.2, 0) is 15.1 Å². The van der Waals surface area contributed by atoms with Crippen molar-refractivity contribution < 1.29 is 9.53 Å². The van der Waals surface area contributed by atoms with Crippen molar-refractivity contribution in [1.29, 1.82) is 0 Å². The van der Waals surface area contributed by atoms with E-state index in [0.29, 0.717) is 22.9 Å². The summed E-state index contributed by atoms with van der Waals surface area (Å²) in [7, 11) is 0. The summed E-state index contributed by atoms with van der Waals surface area (Å²) in [4.78, 5) is 11.1. The Bertz CT molecular complexity index is 417. The molecule has 2 rings (SSSR count). The molecule has 1 saturated heterocycles. The maximum absolute atomic E-state index is 11.1. The summed E-state index contributed by atoms with van der Waals surface area (Å²) in [6.07, 6.45) is 1.07. The third-order valence-corrected chi connectivity index (χ3v) is 3.21. The van der Waals surface area contributed by atoms with Gasteiger partial charge >= 0.3 is 5.97 Å². The smallest absolute Gasteiger partial charge is 0.306 e. The van der Waals surface area contributed by atoms with Crippen molar-refractivity contribution in [3.05, 3.63) is 33.8 Å². The van der Waals surface area contributed by atoms with Gasteiger partial charge in [0.15, 0.2) is 0 Å². The van der Waals surface area contributed by atoms with E-state index in [-0.39, 0.29) is 5.97 Å². The van der Waals surface area contributed by atoms with E-state index in [1.165, 1.54) is 0 Å². The van der Waals surface area contributed by atoms with Crippen LogP contribution in [0.2, 0.25) is 10.0 Å². The van der Waals surface area contributed by atoms with Gasteiger partial charge in [0.25, 0.3) is 0 Å². The van der Waals surface area contributed by atoms with E-state index in [9.17, 15) is 4.79 Å². The highest BCUT2D eigenvalue weighted by Crippen LogP contribution is 2.40. The molecule has 15 heavy (non-hydrogen) atoms. The lowest BCUT2D eigenvalue weighted by Gasteiger charge is -2.24. The Labute approximate surface area is 98.1 Å². The number of cyclic esters (lactones) is 1. The molecule has 0 aliphatic carbocycles. The fourth-order valence-electron chi connectivity index (χ4n) is 1.79. The number of carbonyl (C=O) groups is 1. The predicted molar refractivity (Wildman–Crippen MR) is 59.1 cm³/mol. The molecule has 1 aliphatic rings. The molecular weight excluding hydrogens is 235 g/mol. The van der Waals surface area contributed by atoms with E-state index in [1.807, 2.05) is 6.92 Å². The molecule has 1 heterocycles. The summed E-state index contributed by atoms with van der Waals surface area (Å²) in [6, 6.07) is 5.19. The zero-order chi connectivity index (χ0) is 11.1. The minimum Gasteiger partial charge on any atom is -0.454 e. The molecule has 4 heteroatoms. The van der Waals surface area contributed by atoms with E-state index in [4.69, 9.17) is 27.9 Å². The second kappa shape index (κ2) is 3.69. The van der Waals surface area contributed by atoms with Crippen LogP contribution in [-0.4, -0.2) is 5.97 Å². The van der Waals surface area contributed by atoms with E-state index in [0.717, 1.165) is 5.56 Å². The first-order valence-corrected chi connectivity index (χ1v) is 5.44. The predicted octanol–water partition coefficient (Wildman–Crippen LogP) is 3.55. The van der Waals surface area contributed by atoms with Crippen LogP contribution in [0.1, 0.15) is 25.3 Å². The molecule has 1 fully saturated rings. The standard InChI is InChI=1S/C11H10Cl2O2/c1-11(5-4-10(14)15-11)8-6-7(12)2-3-9(8)13/h2-3,6H,4-5H2,1H3. The van der Waals surface area contributed by atoms with Gasteiger partial charge in [-0.25, -0.2) is 0 Å². The molecule has 1 atom stereocenters. The molecule has 0 N–H and O–H groups in total. The number of esters is 1. The average molecular weight is 245 g/mol. The van der Waals surface area contributed by atoms with Crippen LogP contribution in [0.25, 0.3) is 0 Å². The van der Waals surface area contributed by atoms with Gasteiger partial charge in [-0.05, 0) is 25.1 Å². The monoisotopic (exact) mass is 244 g/mol. The van der Waals surface area contributed by atoms with Gasteiger partial charge in [0, 0.05) is 28.5 Å². The molecule has 0 aromatic heterocycles. The van der Waals surface area contributed by atoms with E-state index in [1.54, 1.807) is 18.2 Å². The van der Waals surface area contributed by atoms with Crippen LogP contribution in [0, 0.1) is 0 Å². The van der Waals surface area contributed by atoms with Crippen LogP contribution >= 0.6 is 23.2 Å². The summed E-state index contributed by atoms with van der Waals surface area (Å²) in [6.45, 7) is 1.86. The lowest BCUT2D eigenvalue weighted by molar-refractivity contribution is -0.147. The first kappa shape index (κ1) is 10.8. The maximum atomic E-state index is 11.1. The van der Waals surface area contributed by atoms with Crippen LogP contribution in [0.4, 0.5) is 0 Å². The second-order valence-corrected chi connectivity index (χ2v) is 4.67. The first-order chi connectivity index (χ1) is 7.01. The van der Waals surface area contributed by atoms with Gasteiger partial charge in [-0.2, -0.15) is 0 Å². The summed E-state index contributed by atoms with van der Waals surface area (Å²) >= 11 is 12.0. The highest BCUT2D eigenvalue weighted by molar-refractivity contribution is 6.33. The number of carbonyl (C=O) groups excluding carboxylic acids is 1. The van der Waals surface area contributed by atoms with Crippen LogP contribution in [0.5, 0.6) is 0 Å². The Morgan fingerprint density at radius 1 is 1.40 bits per heavy atom. The number of rotatable bonds is 1. The fourth-order valence-corrected chi connectivity index (χ4v) is 2.28.